The maximum Gasteiger partial charge on any atom is 0.0506 e. The smallest absolute Gasteiger partial charge is 0.0506 e. The van der Waals surface area contributed by atoms with Crippen LogP contribution in [0.4, 0.5) is 0 Å². The molecule has 1 unspecified atom stereocenters. The second-order valence-electron chi connectivity index (χ2n) is 3.56. The molecule has 1 nitrogen and oxygen atoms in total. The third-order valence-corrected chi connectivity index (χ3v) is 2.64. The minimum Gasteiger partial charge on any atom is -0.307 e. The number of nitrogens with one attached hydrogen (secondary N) is 1. The molecule has 76 valence electrons. The maximum absolute atomic E-state index is 3.86. The molecule has 0 heterocycles. The van der Waals surface area contributed by atoms with Crippen LogP contribution in [0.2, 0.25) is 0 Å². The Morgan fingerprint density at radius 1 is 1.43 bits per heavy atom. The third kappa shape index (κ3) is 2.24. The van der Waals surface area contributed by atoms with Crippen molar-refractivity contribution >= 4 is 0 Å². The first-order valence-corrected chi connectivity index (χ1v) is 5.12. The van der Waals surface area contributed by atoms with Crippen molar-refractivity contribution in [3.63, 3.8) is 0 Å². The molecule has 0 aliphatic rings. The molecule has 1 aromatic rings. The Bertz CT molecular complexity index is 315. The molecule has 0 saturated carbocycles. The summed E-state index contributed by atoms with van der Waals surface area (Å²) in [6, 6.07) is 6.69. The molecule has 0 aliphatic heterocycles. The van der Waals surface area contributed by atoms with E-state index in [0.29, 0.717) is 0 Å². The SMILES string of the molecule is C=CC(NCC)c1cccc(C)c1C. The van der Waals surface area contributed by atoms with Crippen molar-refractivity contribution in [3.8, 4) is 0 Å². The highest BCUT2D eigenvalue weighted by Crippen LogP contribution is 2.20. The van der Waals surface area contributed by atoms with Gasteiger partial charge < -0.3 is 5.32 Å². The molecule has 1 aromatic carbocycles. The van der Waals surface area contributed by atoms with Crippen LogP contribution >= 0.6 is 0 Å². The van der Waals surface area contributed by atoms with Gasteiger partial charge in [0.1, 0.15) is 0 Å². The van der Waals surface area contributed by atoms with Gasteiger partial charge in [-0.15, -0.1) is 6.58 Å². The van der Waals surface area contributed by atoms with Gasteiger partial charge in [-0.2, -0.15) is 0 Å². The zero-order valence-corrected chi connectivity index (χ0v) is 9.30. The molecule has 1 N–H and O–H groups in total. The van der Waals surface area contributed by atoms with Crippen molar-refractivity contribution in [1.82, 2.24) is 5.32 Å². The van der Waals surface area contributed by atoms with Crippen LogP contribution in [0.15, 0.2) is 30.9 Å². The highest BCUT2D eigenvalue weighted by atomic mass is 14.9. The van der Waals surface area contributed by atoms with Gasteiger partial charge in [-0.1, -0.05) is 31.2 Å². The molecular formula is C13H19N. The second kappa shape index (κ2) is 4.97. The average Bonchev–Trinajstić information content (AvgIpc) is 2.19. The van der Waals surface area contributed by atoms with Gasteiger partial charge >= 0.3 is 0 Å². The van der Waals surface area contributed by atoms with Crippen molar-refractivity contribution in [2.24, 2.45) is 0 Å². The molecule has 0 spiro atoms. The highest BCUT2D eigenvalue weighted by molar-refractivity contribution is 5.36. The van der Waals surface area contributed by atoms with Crippen LogP contribution in [0, 0.1) is 13.8 Å². The zero-order chi connectivity index (χ0) is 10.6. The van der Waals surface area contributed by atoms with Gasteiger partial charge in [-0.3, -0.25) is 0 Å². The molecule has 1 rings (SSSR count). The monoisotopic (exact) mass is 189 g/mol. The van der Waals surface area contributed by atoms with E-state index < -0.39 is 0 Å². The normalized spacial score (nSPS) is 12.5. The van der Waals surface area contributed by atoms with E-state index in [1.54, 1.807) is 0 Å². The summed E-state index contributed by atoms with van der Waals surface area (Å²) < 4.78 is 0. The topological polar surface area (TPSA) is 12.0 Å². The quantitative estimate of drug-likeness (QED) is 0.717. The minimum atomic E-state index is 0.278. The van der Waals surface area contributed by atoms with E-state index in [1.165, 1.54) is 16.7 Å². The predicted molar refractivity (Wildman–Crippen MR) is 62.5 cm³/mol. The van der Waals surface area contributed by atoms with Gasteiger partial charge in [0.25, 0.3) is 0 Å². The molecular weight excluding hydrogens is 170 g/mol. The first-order valence-electron chi connectivity index (χ1n) is 5.12. The van der Waals surface area contributed by atoms with E-state index in [2.05, 4.69) is 50.9 Å². The van der Waals surface area contributed by atoms with Gasteiger partial charge in [-0.05, 0) is 37.1 Å². The third-order valence-electron chi connectivity index (χ3n) is 2.64. The summed E-state index contributed by atoms with van der Waals surface area (Å²) in [6.07, 6.45) is 1.96. The van der Waals surface area contributed by atoms with Crippen molar-refractivity contribution < 1.29 is 0 Å². The van der Waals surface area contributed by atoms with E-state index in [1.807, 2.05) is 6.08 Å². The standard InChI is InChI=1S/C13H19N/c1-5-13(14-6-2)12-9-7-8-10(3)11(12)4/h5,7-9,13-14H,1,6H2,2-4H3. The summed E-state index contributed by atoms with van der Waals surface area (Å²) >= 11 is 0. The van der Waals surface area contributed by atoms with Crippen LogP contribution < -0.4 is 5.32 Å². The molecule has 0 aromatic heterocycles. The minimum absolute atomic E-state index is 0.278. The average molecular weight is 189 g/mol. The second-order valence-corrected chi connectivity index (χ2v) is 3.56. The molecule has 0 radical (unpaired) electrons. The van der Waals surface area contributed by atoms with Crippen LogP contribution in [-0.2, 0) is 0 Å². The fraction of sp³-hybridized carbons (Fsp3) is 0.385. The number of benzene rings is 1. The van der Waals surface area contributed by atoms with Gasteiger partial charge in [0.05, 0.1) is 6.04 Å². The van der Waals surface area contributed by atoms with Crippen LogP contribution in [0.25, 0.3) is 0 Å². The molecule has 1 atom stereocenters. The van der Waals surface area contributed by atoms with Crippen molar-refractivity contribution in [2.75, 3.05) is 6.54 Å². The maximum atomic E-state index is 3.86. The Balaban J connectivity index is 3.03. The van der Waals surface area contributed by atoms with E-state index in [4.69, 9.17) is 0 Å². The molecule has 0 aliphatic carbocycles. The lowest BCUT2D eigenvalue weighted by Gasteiger charge is -2.17. The largest absolute Gasteiger partial charge is 0.307 e. The van der Waals surface area contributed by atoms with Crippen LogP contribution in [0.3, 0.4) is 0 Å². The molecule has 1 heteroatoms. The number of aryl methyl sites for hydroxylation is 1. The van der Waals surface area contributed by atoms with E-state index >= 15 is 0 Å². The van der Waals surface area contributed by atoms with E-state index in [9.17, 15) is 0 Å². The highest BCUT2D eigenvalue weighted by Gasteiger charge is 2.08. The summed E-state index contributed by atoms with van der Waals surface area (Å²) in [5, 5.41) is 3.40. The van der Waals surface area contributed by atoms with E-state index in [-0.39, 0.29) is 6.04 Å². The van der Waals surface area contributed by atoms with Crippen LogP contribution in [-0.4, -0.2) is 6.54 Å². The molecule has 0 amide bonds. The van der Waals surface area contributed by atoms with Crippen LogP contribution in [0.1, 0.15) is 29.7 Å². The molecule has 14 heavy (non-hydrogen) atoms. The summed E-state index contributed by atoms with van der Waals surface area (Å²) in [7, 11) is 0. The Labute approximate surface area is 86.8 Å². The lowest BCUT2D eigenvalue weighted by molar-refractivity contribution is 0.645. The molecule has 0 saturated heterocycles. The van der Waals surface area contributed by atoms with Gasteiger partial charge in [0.15, 0.2) is 0 Å². The summed E-state index contributed by atoms with van der Waals surface area (Å²) in [6.45, 7) is 11.2. The molecule has 0 bridgehead atoms. The Morgan fingerprint density at radius 3 is 2.71 bits per heavy atom. The predicted octanol–water partition coefficient (Wildman–Crippen LogP) is 3.14. The van der Waals surface area contributed by atoms with Crippen molar-refractivity contribution in [2.45, 2.75) is 26.8 Å². The van der Waals surface area contributed by atoms with Crippen molar-refractivity contribution in [3.05, 3.63) is 47.5 Å². The Kier molecular flexibility index (Phi) is 3.90. The first-order chi connectivity index (χ1) is 6.70. The fourth-order valence-corrected chi connectivity index (χ4v) is 1.65. The van der Waals surface area contributed by atoms with Gasteiger partial charge in [0.2, 0.25) is 0 Å². The van der Waals surface area contributed by atoms with Crippen molar-refractivity contribution in [1.29, 1.82) is 0 Å². The fourth-order valence-electron chi connectivity index (χ4n) is 1.65. The number of likely N-dealkylation sites (N-methyl/N-ethyl adjacent to an activating group) is 1. The van der Waals surface area contributed by atoms with Gasteiger partial charge in [-0.25, -0.2) is 0 Å². The number of hydrogen-bond acceptors (Lipinski definition) is 1. The lowest BCUT2D eigenvalue weighted by Crippen LogP contribution is -2.19. The number of hydrogen-bond donors (Lipinski definition) is 1. The summed E-state index contributed by atoms with van der Waals surface area (Å²) in [4.78, 5) is 0. The zero-order valence-electron chi connectivity index (χ0n) is 9.30. The summed E-state index contributed by atoms with van der Waals surface area (Å²) in [5.74, 6) is 0. The van der Waals surface area contributed by atoms with Crippen LogP contribution in [0.5, 0.6) is 0 Å². The lowest BCUT2D eigenvalue weighted by atomic mass is 9.97. The first kappa shape index (κ1) is 11.0. The Morgan fingerprint density at radius 2 is 2.14 bits per heavy atom. The molecule has 0 fully saturated rings. The Hall–Kier alpha value is -1.08. The van der Waals surface area contributed by atoms with Gasteiger partial charge in [0, 0.05) is 0 Å². The van der Waals surface area contributed by atoms with E-state index in [0.717, 1.165) is 6.54 Å². The number of rotatable bonds is 4. The summed E-state index contributed by atoms with van der Waals surface area (Å²) in [5.41, 5.74) is 4.03.